The summed E-state index contributed by atoms with van der Waals surface area (Å²) in [5, 5.41) is 9.48. The van der Waals surface area contributed by atoms with Crippen LogP contribution in [0, 0.1) is 0 Å². The molecule has 0 saturated heterocycles. The van der Waals surface area contributed by atoms with Gasteiger partial charge in [-0.3, -0.25) is 4.79 Å². The van der Waals surface area contributed by atoms with Crippen LogP contribution in [-0.2, 0) is 11.2 Å². The number of aliphatic hydroxyl groups is 1. The second-order valence-corrected chi connectivity index (χ2v) is 7.40. The van der Waals surface area contributed by atoms with Crippen molar-refractivity contribution in [1.82, 2.24) is 4.90 Å². The summed E-state index contributed by atoms with van der Waals surface area (Å²) >= 11 is 5.02. The van der Waals surface area contributed by atoms with Gasteiger partial charge in [-0.05, 0) is 53.7 Å². The Kier molecular flexibility index (Phi) is 4.81. The maximum Gasteiger partial charge on any atom is 0.227 e. The quantitative estimate of drug-likeness (QED) is 0.925. The standard InChI is InChI=1S/C13H18BrNO2S/c1-15(9-2-4-10(16)5-3-9)13(17)8-11-6-7-12(14)18-11/h6-7,9-10,16H,2-5,8H2,1H3. The lowest BCUT2D eigenvalue weighted by molar-refractivity contribution is -0.132. The van der Waals surface area contributed by atoms with Gasteiger partial charge in [-0.15, -0.1) is 11.3 Å². The van der Waals surface area contributed by atoms with Crippen LogP contribution in [-0.4, -0.2) is 35.1 Å². The van der Waals surface area contributed by atoms with E-state index in [2.05, 4.69) is 15.9 Å². The number of carbonyl (C=O) groups excluding carboxylic acids is 1. The number of rotatable bonds is 3. The summed E-state index contributed by atoms with van der Waals surface area (Å²) in [5.41, 5.74) is 0. The Balaban J connectivity index is 1.88. The zero-order valence-corrected chi connectivity index (χ0v) is 12.8. The maximum absolute atomic E-state index is 12.2. The highest BCUT2D eigenvalue weighted by Gasteiger charge is 2.25. The van der Waals surface area contributed by atoms with Crippen LogP contribution in [0.3, 0.4) is 0 Å². The van der Waals surface area contributed by atoms with Gasteiger partial charge in [-0.1, -0.05) is 0 Å². The number of hydrogen-bond acceptors (Lipinski definition) is 3. The summed E-state index contributed by atoms with van der Waals surface area (Å²) in [6.07, 6.45) is 3.76. The van der Waals surface area contributed by atoms with Gasteiger partial charge < -0.3 is 10.0 Å². The number of aliphatic hydroxyl groups excluding tert-OH is 1. The molecular weight excluding hydrogens is 314 g/mol. The van der Waals surface area contributed by atoms with Gasteiger partial charge in [0.05, 0.1) is 16.3 Å². The van der Waals surface area contributed by atoms with Gasteiger partial charge in [-0.25, -0.2) is 0 Å². The largest absolute Gasteiger partial charge is 0.393 e. The molecule has 0 atom stereocenters. The van der Waals surface area contributed by atoms with Crippen molar-refractivity contribution in [3.63, 3.8) is 0 Å². The molecule has 0 aliphatic heterocycles. The highest BCUT2D eigenvalue weighted by Crippen LogP contribution is 2.25. The fourth-order valence-corrected chi connectivity index (χ4v) is 3.84. The average molecular weight is 332 g/mol. The molecule has 0 unspecified atom stereocenters. The SMILES string of the molecule is CN(C(=O)Cc1ccc(Br)s1)C1CCC(O)CC1. The second kappa shape index (κ2) is 6.17. The van der Waals surface area contributed by atoms with Crippen LogP contribution in [0.1, 0.15) is 30.6 Å². The molecule has 1 saturated carbocycles. The molecule has 1 amide bonds. The maximum atomic E-state index is 12.2. The van der Waals surface area contributed by atoms with Crippen molar-refractivity contribution >= 4 is 33.2 Å². The number of likely N-dealkylation sites (N-methyl/N-ethyl adjacent to an activating group) is 1. The number of carbonyl (C=O) groups is 1. The van der Waals surface area contributed by atoms with Gasteiger partial charge in [0, 0.05) is 18.0 Å². The summed E-state index contributed by atoms with van der Waals surface area (Å²) in [4.78, 5) is 15.1. The Labute approximate surface area is 120 Å². The molecule has 18 heavy (non-hydrogen) atoms. The summed E-state index contributed by atoms with van der Waals surface area (Å²) in [7, 11) is 1.88. The predicted octanol–water partition coefficient (Wildman–Crippen LogP) is 2.82. The van der Waals surface area contributed by atoms with Gasteiger partial charge in [0.25, 0.3) is 0 Å². The minimum absolute atomic E-state index is 0.169. The van der Waals surface area contributed by atoms with Crippen LogP contribution in [0.25, 0.3) is 0 Å². The number of amides is 1. The summed E-state index contributed by atoms with van der Waals surface area (Å²) in [5.74, 6) is 0.172. The monoisotopic (exact) mass is 331 g/mol. The van der Waals surface area contributed by atoms with E-state index in [9.17, 15) is 9.90 Å². The Morgan fingerprint density at radius 3 is 2.67 bits per heavy atom. The third-order valence-corrected chi connectivity index (χ3v) is 5.19. The van der Waals surface area contributed by atoms with Crippen molar-refractivity contribution in [1.29, 1.82) is 0 Å². The lowest BCUT2D eigenvalue weighted by Gasteiger charge is -2.33. The van der Waals surface area contributed by atoms with Crippen LogP contribution >= 0.6 is 27.3 Å². The van der Waals surface area contributed by atoms with E-state index in [0.717, 1.165) is 34.3 Å². The fourth-order valence-electron chi connectivity index (χ4n) is 2.37. The number of halogens is 1. The molecule has 2 rings (SSSR count). The van der Waals surface area contributed by atoms with Crippen LogP contribution < -0.4 is 0 Å². The molecule has 3 nitrogen and oxygen atoms in total. The highest BCUT2D eigenvalue weighted by molar-refractivity contribution is 9.11. The minimum Gasteiger partial charge on any atom is -0.393 e. The molecular formula is C13H18BrNO2S. The van der Waals surface area contributed by atoms with Crippen molar-refractivity contribution in [2.45, 2.75) is 44.2 Å². The molecule has 1 aliphatic rings. The third kappa shape index (κ3) is 3.56. The van der Waals surface area contributed by atoms with Crippen molar-refractivity contribution in [2.24, 2.45) is 0 Å². The van der Waals surface area contributed by atoms with Gasteiger partial charge in [0.15, 0.2) is 0 Å². The first kappa shape index (κ1) is 14.0. The van der Waals surface area contributed by atoms with Gasteiger partial charge in [0.2, 0.25) is 5.91 Å². The fraction of sp³-hybridized carbons (Fsp3) is 0.615. The van der Waals surface area contributed by atoms with E-state index in [0.29, 0.717) is 12.5 Å². The average Bonchev–Trinajstić information content (AvgIpc) is 2.75. The topological polar surface area (TPSA) is 40.5 Å². The molecule has 1 aromatic rings. The molecule has 0 aromatic carbocycles. The number of thiophene rings is 1. The molecule has 1 aliphatic carbocycles. The van der Waals surface area contributed by atoms with Crippen molar-refractivity contribution in [2.75, 3.05) is 7.05 Å². The zero-order chi connectivity index (χ0) is 13.1. The highest BCUT2D eigenvalue weighted by atomic mass is 79.9. The van der Waals surface area contributed by atoms with E-state index in [1.54, 1.807) is 11.3 Å². The molecule has 1 aromatic heterocycles. The van der Waals surface area contributed by atoms with Crippen molar-refractivity contribution in [3.05, 3.63) is 20.8 Å². The lowest BCUT2D eigenvalue weighted by Crippen LogP contribution is -2.40. The van der Waals surface area contributed by atoms with Crippen LogP contribution in [0.2, 0.25) is 0 Å². The van der Waals surface area contributed by atoms with Gasteiger partial charge in [0.1, 0.15) is 0 Å². The Morgan fingerprint density at radius 2 is 2.11 bits per heavy atom. The second-order valence-electron chi connectivity index (χ2n) is 4.85. The van der Waals surface area contributed by atoms with Crippen LogP contribution in [0.5, 0.6) is 0 Å². The smallest absolute Gasteiger partial charge is 0.227 e. The van der Waals surface area contributed by atoms with Crippen molar-refractivity contribution < 1.29 is 9.90 Å². The van der Waals surface area contributed by atoms with E-state index < -0.39 is 0 Å². The van der Waals surface area contributed by atoms with E-state index in [4.69, 9.17) is 0 Å². The van der Waals surface area contributed by atoms with E-state index in [1.165, 1.54) is 0 Å². The zero-order valence-electron chi connectivity index (χ0n) is 10.4. The Morgan fingerprint density at radius 1 is 1.44 bits per heavy atom. The molecule has 0 radical (unpaired) electrons. The summed E-state index contributed by atoms with van der Waals surface area (Å²) in [6, 6.07) is 4.26. The molecule has 1 heterocycles. The molecule has 1 fully saturated rings. The molecule has 0 bridgehead atoms. The Bertz CT molecular complexity index is 413. The Hall–Kier alpha value is -0.390. The lowest BCUT2D eigenvalue weighted by atomic mass is 9.92. The van der Waals surface area contributed by atoms with E-state index in [1.807, 2.05) is 24.1 Å². The first-order valence-electron chi connectivity index (χ1n) is 6.24. The van der Waals surface area contributed by atoms with Crippen LogP contribution in [0.15, 0.2) is 15.9 Å². The van der Waals surface area contributed by atoms with E-state index >= 15 is 0 Å². The molecule has 5 heteroatoms. The van der Waals surface area contributed by atoms with Crippen molar-refractivity contribution in [3.8, 4) is 0 Å². The minimum atomic E-state index is -0.169. The van der Waals surface area contributed by atoms with E-state index in [-0.39, 0.29) is 12.0 Å². The van der Waals surface area contributed by atoms with Gasteiger partial charge in [-0.2, -0.15) is 0 Å². The summed E-state index contributed by atoms with van der Waals surface area (Å²) < 4.78 is 1.06. The number of hydrogen-bond donors (Lipinski definition) is 1. The molecule has 0 spiro atoms. The predicted molar refractivity (Wildman–Crippen MR) is 76.8 cm³/mol. The summed E-state index contributed by atoms with van der Waals surface area (Å²) in [6.45, 7) is 0. The third-order valence-electron chi connectivity index (χ3n) is 3.56. The number of nitrogens with zero attached hydrogens (tertiary/aromatic N) is 1. The van der Waals surface area contributed by atoms with Crippen LogP contribution in [0.4, 0.5) is 0 Å². The van der Waals surface area contributed by atoms with Gasteiger partial charge >= 0.3 is 0 Å². The normalized spacial score (nSPS) is 23.9. The first-order chi connectivity index (χ1) is 8.56. The first-order valence-corrected chi connectivity index (χ1v) is 7.85. The molecule has 100 valence electrons. The molecule has 1 N–H and O–H groups in total.